The van der Waals surface area contributed by atoms with Crippen molar-refractivity contribution in [2.45, 2.75) is 70.5 Å². The number of amides is 1. The van der Waals surface area contributed by atoms with Crippen molar-refractivity contribution in [1.29, 1.82) is 0 Å². The molecular weight excluding hydrogens is 416 g/mol. The maximum atomic E-state index is 12.8. The van der Waals surface area contributed by atoms with Crippen LogP contribution in [0.1, 0.15) is 74.1 Å². The van der Waals surface area contributed by atoms with Crippen LogP contribution in [-0.2, 0) is 16.8 Å². The number of hydrogen-bond donors (Lipinski definition) is 1. The first-order chi connectivity index (χ1) is 15.8. The smallest absolute Gasteiger partial charge is 0.272 e. The predicted octanol–water partition coefficient (Wildman–Crippen LogP) is 3.94. The first kappa shape index (κ1) is 23.8. The molecule has 1 aliphatic carbocycles. The quantitative estimate of drug-likeness (QED) is 0.622. The number of carbonyl (C=O) groups excluding carboxylic acids is 1. The zero-order valence-electron chi connectivity index (χ0n) is 20.5. The number of carbonyl (C=O) groups is 1. The number of nitrogens with one attached hydrogen (secondary N) is 1. The van der Waals surface area contributed by atoms with Gasteiger partial charge in [-0.1, -0.05) is 12.1 Å². The van der Waals surface area contributed by atoms with Crippen molar-refractivity contribution in [2.75, 3.05) is 33.4 Å². The van der Waals surface area contributed by atoms with Crippen LogP contribution < -0.4 is 10.1 Å². The second-order valence-corrected chi connectivity index (χ2v) is 10.3. The van der Waals surface area contributed by atoms with E-state index in [9.17, 15) is 4.79 Å². The third-order valence-electron chi connectivity index (χ3n) is 6.48. The van der Waals surface area contributed by atoms with Gasteiger partial charge in [0.05, 0.1) is 5.54 Å². The summed E-state index contributed by atoms with van der Waals surface area (Å²) in [4.78, 5) is 15.2. The molecule has 1 aliphatic heterocycles. The third-order valence-corrected chi connectivity index (χ3v) is 6.48. The van der Waals surface area contributed by atoms with Crippen molar-refractivity contribution in [3.05, 3.63) is 47.3 Å². The number of benzene rings is 1. The van der Waals surface area contributed by atoms with Crippen molar-refractivity contribution in [3.63, 3.8) is 0 Å². The van der Waals surface area contributed by atoms with E-state index in [1.807, 2.05) is 35.0 Å². The molecule has 1 amide bonds. The van der Waals surface area contributed by atoms with E-state index < -0.39 is 0 Å². The Labute approximate surface area is 197 Å². The second-order valence-electron chi connectivity index (χ2n) is 10.3. The van der Waals surface area contributed by atoms with Crippen LogP contribution in [0.15, 0.2) is 30.3 Å². The minimum atomic E-state index is -0.138. The first-order valence-corrected chi connectivity index (χ1v) is 12.2. The van der Waals surface area contributed by atoms with E-state index in [0.717, 1.165) is 43.9 Å². The SMILES string of the molecule is CN(CCOc1cccc(CNC(=O)c2cc(C3CC3)n(C(C)(C)C)n2)c1)C1CCOCC1. The molecule has 0 unspecified atom stereocenters. The number of hydrogen-bond acceptors (Lipinski definition) is 5. The van der Waals surface area contributed by atoms with Gasteiger partial charge in [0.1, 0.15) is 18.1 Å². The van der Waals surface area contributed by atoms with E-state index in [0.29, 0.717) is 30.8 Å². The fourth-order valence-corrected chi connectivity index (χ4v) is 4.35. The molecule has 0 bridgehead atoms. The Kier molecular flexibility index (Phi) is 7.39. The summed E-state index contributed by atoms with van der Waals surface area (Å²) in [5, 5.41) is 7.66. The summed E-state index contributed by atoms with van der Waals surface area (Å²) in [7, 11) is 2.15. The van der Waals surface area contributed by atoms with Crippen LogP contribution in [0.25, 0.3) is 0 Å². The maximum Gasteiger partial charge on any atom is 0.272 e. The van der Waals surface area contributed by atoms with Crippen LogP contribution in [0.5, 0.6) is 5.75 Å². The summed E-state index contributed by atoms with van der Waals surface area (Å²) in [5.74, 6) is 1.23. The Morgan fingerprint density at radius 3 is 2.67 bits per heavy atom. The fourth-order valence-electron chi connectivity index (χ4n) is 4.35. The average molecular weight is 455 g/mol. The zero-order chi connectivity index (χ0) is 23.4. The summed E-state index contributed by atoms with van der Waals surface area (Å²) >= 11 is 0. The molecule has 180 valence electrons. The summed E-state index contributed by atoms with van der Waals surface area (Å²) in [5.41, 5.74) is 2.54. The van der Waals surface area contributed by atoms with Gasteiger partial charge in [-0.25, -0.2) is 0 Å². The van der Waals surface area contributed by atoms with E-state index in [4.69, 9.17) is 9.47 Å². The lowest BCUT2D eigenvalue weighted by atomic mass is 10.1. The van der Waals surface area contributed by atoms with E-state index in [-0.39, 0.29) is 11.4 Å². The van der Waals surface area contributed by atoms with E-state index >= 15 is 0 Å². The molecule has 1 saturated heterocycles. The van der Waals surface area contributed by atoms with Gasteiger partial charge in [-0.3, -0.25) is 14.4 Å². The van der Waals surface area contributed by atoms with Gasteiger partial charge in [-0.15, -0.1) is 0 Å². The molecule has 1 aromatic heterocycles. The van der Waals surface area contributed by atoms with Gasteiger partial charge in [-0.2, -0.15) is 5.10 Å². The Balaban J connectivity index is 1.28. The molecule has 0 atom stereocenters. The second kappa shape index (κ2) is 10.3. The lowest BCUT2D eigenvalue weighted by molar-refractivity contribution is 0.0392. The van der Waals surface area contributed by atoms with Gasteiger partial charge in [0.2, 0.25) is 0 Å². The van der Waals surface area contributed by atoms with Crippen molar-refractivity contribution in [1.82, 2.24) is 20.0 Å². The Hall–Kier alpha value is -2.38. The summed E-state index contributed by atoms with van der Waals surface area (Å²) < 4.78 is 13.5. The van der Waals surface area contributed by atoms with Gasteiger partial charge < -0.3 is 14.8 Å². The molecule has 2 fully saturated rings. The molecule has 1 aromatic carbocycles. The van der Waals surface area contributed by atoms with E-state index in [1.54, 1.807) is 0 Å². The minimum Gasteiger partial charge on any atom is -0.492 e. The van der Waals surface area contributed by atoms with Gasteiger partial charge >= 0.3 is 0 Å². The minimum absolute atomic E-state index is 0.135. The van der Waals surface area contributed by atoms with Crippen LogP contribution in [0.4, 0.5) is 0 Å². The molecule has 0 radical (unpaired) electrons. The van der Waals surface area contributed by atoms with E-state index in [1.165, 1.54) is 18.5 Å². The molecule has 2 aromatic rings. The Bertz CT molecular complexity index is 939. The topological polar surface area (TPSA) is 68.6 Å². The lowest BCUT2D eigenvalue weighted by Gasteiger charge is -2.31. The van der Waals surface area contributed by atoms with Gasteiger partial charge in [0.15, 0.2) is 0 Å². The molecule has 4 rings (SSSR count). The van der Waals surface area contributed by atoms with Crippen LogP contribution in [0, 0.1) is 0 Å². The van der Waals surface area contributed by atoms with Gasteiger partial charge in [0, 0.05) is 44.0 Å². The maximum absolute atomic E-state index is 12.8. The molecule has 2 heterocycles. The monoisotopic (exact) mass is 454 g/mol. The first-order valence-electron chi connectivity index (χ1n) is 12.2. The highest BCUT2D eigenvalue weighted by atomic mass is 16.5. The molecule has 33 heavy (non-hydrogen) atoms. The number of aromatic nitrogens is 2. The molecule has 1 N–H and O–H groups in total. The molecule has 0 spiro atoms. The zero-order valence-corrected chi connectivity index (χ0v) is 20.5. The van der Waals surface area contributed by atoms with Gasteiger partial charge in [0.25, 0.3) is 5.91 Å². The molecule has 7 heteroatoms. The largest absolute Gasteiger partial charge is 0.492 e. The summed E-state index contributed by atoms with van der Waals surface area (Å²) in [6.07, 6.45) is 4.53. The average Bonchev–Trinajstić information content (AvgIpc) is 3.55. The van der Waals surface area contributed by atoms with Crippen LogP contribution in [-0.4, -0.2) is 60.0 Å². The predicted molar refractivity (Wildman–Crippen MR) is 129 cm³/mol. The van der Waals surface area contributed by atoms with Crippen molar-refractivity contribution in [2.24, 2.45) is 0 Å². The van der Waals surface area contributed by atoms with Crippen molar-refractivity contribution in [3.8, 4) is 5.75 Å². The Morgan fingerprint density at radius 2 is 1.97 bits per heavy atom. The van der Waals surface area contributed by atoms with Crippen LogP contribution >= 0.6 is 0 Å². The normalized spacial score (nSPS) is 17.4. The third kappa shape index (κ3) is 6.36. The van der Waals surface area contributed by atoms with Gasteiger partial charge in [-0.05, 0) is 77.3 Å². The summed E-state index contributed by atoms with van der Waals surface area (Å²) in [6.45, 7) is 10.0. The highest BCUT2D eigenvalue weighted by Gasteiger charge is 2.32. The van der Waals surface area contributed by atoms with Crippen LogP contribution in [0.3, 0.4) is 0 Å². The highest BCUT2D eigenvalue weighted by molar-refractivity contribution is 5.92. The van der Waals surface area contributed by atoms with Crippen molar-refractivity contribution >= 4 is 5.91 Å². The number of likely N-dealkylation sites (N-methyl/N-ethyl adjacent to an activating group) is 1. The standard InChI is InChI=1S/C26H38N4O3/c1-26(2,3)30-24(20-8-9-20)17-23(28-30)25(31)27-18-19-6-5-7-22(16-19)33-15-12-29(4)21-10-13-32-14-11-21/h5-7,16-17,20-21H,8-15,18H2,1-4H3,(H,27,31). The van der Waals surface area contributed by atoms with Crippen molar-refractivity contribution < 1.29 is 14.3 Å². The fraction of sp³-hybridized carbons (Fsp3) is 0.615. The molecule has 7 nitrogen and oxygen atoms in total. The summed E-state index contributed by atoms with van der Waals surface area (Å²) in [6, 6.07) is 10.5. The molecule has 1 saturated carbocycles. The van der Waals surface area contributed by atoms with E-state index in [2.05, 4.69) is 43.1 Å². The molecular formula is C26H38N4O3. The molecule has 2 aliphatic rings. The number of ether oxygens (including phenoxy) is 2. The number of rotatable bonds is 9. The number of nitrogens with zero attached hydrogens (tertiary/aromatic N) is 3. The highest BCUT2D eigenvalue weighted by Crippen LogP contribution is 2.41. The van der Waals surface area contributed by atoms with Crippen LogP contribution in [0.2, 0.25) is 0 Å². The lowest BCUT2D eigenvalue weighted by Crippen LogP contribution is -2.38. The Morgan fingerprint density at radius 1 is 1.21 bits per heavy atom.